The van der Waals surface area contributed by atoms with Crippen LogP contribution in [0.2, 0.25) is 0 Å². The van der Waals surface area contributed by atoms with Gasteiger partial charge < -0.3 is 0 Å². The van der Waals surface area contributed by atoms with Gasteiger partial charge in [0.15, 0.2) is 0 Å². The Hall–Kier alpha value is 2.21. The first kappa shape index (κ1) is 19.2. The fourth-order valence-corrected chi connectivity index (χ4v) is 158. The van der Waals surface area contributed by atoms with E-state index in [1.54, 1.807) is 0 Å². The van der Waals surface area contributed by atoms with Gasteiger partial charge in [0.25, 0.3) is 0 Å². The summed E-state index contributed by atoms with van der Waals surface area (Å²) < 4.78 is 0. The van der Waals surface area contributed by atoms with Crippen LogP contribution >= 0.6 is 24.1 Å². The Labute approximate surface area is 114 Å². The molecule has 0 radical (unpaired) electrons. The van der Waals surface area contributed by atoms with E-state index in [1.807, 2.05) is 0 Å². The number of hydrogen-bond donors (Lipinski definition) is 0. The van der Waals surface area contributed by atoms with Gasteiger partial charge in [-0.25, -0.2) is 0 Å². The second kappa shape index (κ2) is 5.20. The molecule has 0 aromatic rings. The van der Waals surface area contributed by atoms with Crippen molar-refractivity contribution in [1.29, 1.82) is 0 Å². The minimum atomic E-state index is -1.06. The Kier molecular flexibility index (Phi) is 5.88. The van der Waals surface area contributed by atoms with E-state index in [4.69, 9.17) is 0 Å². The summed E-state index contributed by atoms with van der Waals surface area (Å²) in [6, 6.07) is -4.26. The summed E-state index contributed by atoms with van der Waals surface area (Å²) in [6.07, 6.45) is 0. The van der Waals surface area contributed by atoms with Gasteiger partial charge in [0.05, 0.1) is 0 Å². The van der Waals surface area contributed by atoms with E-state index < -0.39 is 34.8 Å². The van der Waals surface area contributed by atoms with Gasteiger partial charge in [-0.2, -0.15) is 0 Å². The second-order valence-electron chi connectivity index (χ2n) is 8.37. The van der Waals surface area contributed by atoms with Crippen LogP contribution in [0.5, 0.6) is 0 Å². The summed E-state index contributed by atoms with van der Waals surface area (Å²) in [7, 11) is -0.444. The first-order valence-corrected chi connectivity index (χ1v) is 25.8. The quantitative estimate of drug-likeness (QED) is 0.512. The van der Waals surface area contributed by atoms with E-state index in [9.17, 15) is 0 Å². The standard InChI is InChI=1S/4C3H9P.Ni/c4*1-4(2)3;/h4*1-3H3;/q;;;;-4/p+4. The van der Waals surface area contributed by atoms with Crippen LogP contribution in [0.3, 0.4) is 0 Å². The third kappa shape index (κ3) is 3.28. The van der Waals surface area contributed by atoms with E-state index in [-0.39, 0.29) is 0 Å². The Bertz CT molecular complexity index is 211. The third-order valence-corrected chi connectivity index (χ3v) is 106. The molecule has 0 amide bonds. The Morgan fingerprint density at radius 3 is 0.471 bits per heavy atom. The van der Waals surface area contributed by atoms with Gasteiger partial charge >= 0.3 is 115 Å². The first-order chi connectivity index (χ1) is 7.00. The van der Waals surface area contributed by atoms with Crippen LogP contribution in [0.15, 0.2) is 0 Å². The summed E-state index contributed by atoms with van der Waals surface area (Å²) in [5.74, 6) is 0. The molecule has 0 N–H and O–H groups in total. The van der Waals surface area contributed by atoms with Crippen LogP contribution in [0.25, 0.3) is 0 Å². The van der Waals surface area contributed by atoms with Crippen molar-refractivity contribution in [2.75, 3.05) is 80.0 Å². The third-order valence-electron chi connectivity index (χ3n) is 2.85. The van der Waals surface area contributed by atoms with Crippen molar-refractivity contribution in [3.05, 3.63) is 0 Å². The molecule has 0 aliphatic heterocycles. The average molecular weight is 367 g/mol. The molecule has 0 aromatic heterocycles. The number of rotatable bonds is 4. The zero-order valence-corrected chi connectivity index (χ0v) is 19.3. The Balaban J connectivity index is 6.37. The topological polar surface area (TPSA) is 0 Å². The number of hydrogen-bond acceptors (Lipinski definition) is 0. The zero-order chi connectivity index (χ0) is 14.5. The van der Waals surface area contributed by atoms with E-state index in [1.165, 1.54) is 0 Å². The summed E-state index contributed by atoms with van der Waals surface area (Å²) in [4.78, 5) is 0. The maximum atomic E-state index is 2.70. The molecular weight excluding hydrogens is 327 g/mol. The van der Waals surface area contributed by atoms with Gasteiger partial charge in [-0.15, -0.1) is 0 Å². The Morgan fingerprint density at radius 1 is 0.353 bits per heavy atom. The average Bonchev–Trinajstić information content (AvgIpc) is 1.67. The van der Waals surface area contributed by atoms with Crippen molar-refractivity contribution >= 4 is 24.1 Å². The predicted octanol–water partition coefficient (Wildman–Crippen LogP) is 4.36. The van der Waals surface area contributed by atoms with E-state index in [0.717, 1.165) is 0 Å². The van der Waals surface area contributed by atoms with Crippen LogP contribution in [-0.4, -0.2) is 80.0 Å². The van der Waals surface area contributed by atoms with E-state index in [0.29, 0.717) is 0 Å². The monoisotopic (exact) mass is 366 g/mol. The molecule has 17 heavy (non-hydrogen) atoms. The van der Waals surface area contributed by atoms with Crippen LogP contribution in [0.4, 0.5) is 0 Å². The van der Waals surface area contributed by atoms with Crippen molar-refractivity contribution in [2.24, 2.45) is 0 Å². The molecule has 0 bridgehead atoms. The van der Waals surface area contributed by atoms with Crippen molar-refractivity contribution in [3.63, 3.8) is 0 Å². The molecule has 5 heteroatoms. The predicted molar refractivity (Wildman–Crippen MR) is 104 cm³/mol. The van der Waals surface area contributed by atoms with E-state index >= 15 is 0 Å². The summed E-state index contributed by atoms with van der Waals surface area (Å²) in [5.41, 5.74) is 0. The molecule has 0 unspecified atom stereocenters. The van der Waals surface area contributed by atoms with E-state index in [2.05, 4.69) is 80.0 Å². The normalized spacial score (nSPS) is 24.7. The van der Waals surface area contributed by atoms with Gasteiger partial charge in [-0.3, -0.25) is 0 Å². The maximum absolute atomic E-state index is 2.70. The fourth-order valence-electron chi connectivity index (χ4n) is 4.27. The molecule has 0 heterocycles. The van der Waals surface area contributed by atoms with Gasteiger partial charge in [0, 0.05) is 0 Å². The molecule has 0 aliphatic rings. The molecule has 0 aromatic carbocycles. The zero-order valence-electron chi connectivity index (χ0n) is 14.3. The molecule has 0 fully saturated rings. The molecule has 0 saturated heterocycles. The van der Waals surface area contributed by atoms with Crippen LogP contribution in [0, 0.1) is 0 Å². The van der Waals surface area contributed by atoms with Crippen molar-refractivity contribution < 1.29 is 10.7 Å². The molecule has 0 spiro atoms. The molecule has 0 aliphatic carbocycles. The first-order valence-electron chi connectivity index (χ1n) is 6.63. The fraction of sp³-hybridized carbons (Fsp3) is 1.00. The van der Waals surface area contributed by atoms with Gasteiger partial charge in [0.2, 0.25) is 0 Å². The van der Waals surface area contributed by atoms with Crippen molar-refractivity contribution in [1.82, 2.24) is 0 Å². The van der Waals surface area contributed by atoms with Gasteiger partial charge in [-0.05, 0) is 0 Å². The summed E-state index contributed by atoms with van der Waals surface area (Å²) in [6.45, 7) is 32.4. The van der Waals surface area contributed by atoms with Crippen molar-refractivity contribution in [2.45, 2.75) is 0 Å². The SMILES string of the molecule is C[PH](C)(C)[Ni]([PH](C)(C)C)([PH](C)(C)C)[PH](C)(C)C. The molecule has 0 saturated carbocycles. The molecule has 0 nitrogen and oxygen atoms in total. The molecule has 0 atom stereocenters. The molecule has 0 rings (SSSR count). The van der Waals surface area contributed by atoms with Crippen LogP contribution < -0.4 is 0 Å². The van der Waals surface area contributed by atoms with Crippen LogP contribution in [0.1, 0.15) is 0 Å². The summed E-state index contributed by atoms with van der Waals surface area (Å²) in [5, 5.41) is 0. The molecule has 118 valence electrons. The summed E-state index contributed by atoms with van der Waals surface area (Å²) >= 11 is 0. The van der Waals surface area contributed by atoms with Gasteiger partial charge in [-0.1, -0.05) is 0 Å². The minimum absolute atomic E-state index is 0.444. The molecular formula is C12H40NiP4. The van der Waals surface area contributed by atoms with Crippen LogP contribution in [-0.2, 0) is 10.7 Å². The second-order valence-corrected chi connectivity index (χ2v) is 59.1. The van der Waals surface area contributed by atoms with Gasteiger partial charge in [0.1, 0.15) is 0 Å². The van der Waals surface area contributed by atoms with Crippen molar-refractivity contribution in [3.8, 4) is 0 Å². The Morgan fingerprint density at radius 2 is 0.471 bits per heavy atom.